The van der Waals surface area contributed by atoms with Gasteiger partial charge in [-0.1, -0.05) is 6.58 Å². The topological polar surface area (TPSA) is 93.2 Å². The van der Waals surface area contributed by atoms with E-state index in [-0.39, 0.29) is 30.2 Å². The van der Waals surface area contributed by atoms with Gasteiger partial charge in [0.2, 0.25) is 11.8 Å². The molecule has 3 rings (SSSR count). The zero-order valence-corrected chi connectivity index (χ0v) is 16.5. The van der Waals surface area contributed by atoms with Crippen LogP contribution in [0.25, 0.3) is 0 Å². The number of nitrogens with one attached hydrogen (secondary N) is 2. The number of ether oxygens (including phenoxy) is 1. The molecule has 2 amide bonds. The number of anilines is 1. The third kappa shape index (κ3) is 6.07. The van der Waals surface area contributed by atoms with Gasteiger partial charge in [-0.25, -0.2) is 9.97 Å². The number of hydrogen-bond acceptors (Lipinski definition) is 5. The molecule has 30 heavy (non-hydrogen) atoms. The molecule has 0 saturated heterocycles. The molecule has 0 radical (unpaired) electrons. The molecule has 0 spiro atoms. The second-order valence-corrected chi connectivity index (χ2v) is 7.10. The Labute approximate surface area is 172 Å². The number of pyridine rings is 2. The summed E-state index contributed by atoms with van der Waals surface area (Å²) in [5.74, 6) is -3.27. The highest BCUT2D eigenvalue weighted by molar-refractivity contribution is 5.97. The van der Waals surface area contributed by atoms with Crippen molar-refractivity contribution in [3.8, 4) is 5.88 Å². The van der Waals surface area contributed by atoms with E-state index < -0.39 is 12.5 Å². The maximum absolute atomic E-state index is 13.3. The Morgan fingerprint density at radius 2 is 2.10 bits per heavy atom. The maximum atomic E-state index is 13.3. The number of nitrogens with zero attached hydrogens (tertiary/aromatic N) is 2. The second-order valence-electron chi connectivity index (χ2n) is 7.10. The molecule has 158 valence electrons. The van der Waals surface area contributed by atoms with Gasteiger partial charge in [0, 0.05) is 23.7 Å². The lowest BCUT2D eigenvalue weighted by molar-refractivity contribution is -0.117. The molecule has 2 aromatic rings. The second kappa shape index (κ2) is 8.98. The molecule has 2 heterocycles. The lowest BCUT2D eigenvalue weighted by Crippen LogP contribution is -2.25. The first-order valence-electron chi connectivity index (χ1n) is 9.42. The minimum absolute atomic E-state index is 0.0273. The fourth-order valence-electron chi connectivity index (χ4n) is 2.59. The third-order valence-electron chi connectivity index (χ3n) is 4.36. The zero-order chi connectivity index (χ0) is 21.7. The molecule has 1 fully saturated rings. The first kappa shape index (κ1) is 21.4. The summed E-state index contributed by atoms with van der Waals surface area (Å²) >= 11 is 0. The number of carbonyl (C=O) groups excluding carboxylic acids is 2. The number of rotatable bonds is 9. The molecule has 0 aromatic carbocycles. The van der Waals surface area contributed by atoms with Crippen molar-refractivity contribution in [3.05, 3.63) is 59.9 Å². The highest BCUT2D eigenvalue weighted by Crippen LogP contribution is 2.30. The van der Waals surface area contributed by atoms with Crippen molar-refractivity contribution in [1.82, 2.24) is 15.3 Å². The van der Waals surface area contributed by atoms with E-state index in [0.717, 1.165) is 18.4 Å². The number of halogens is 2. The molecule has 1 aliphatic rings. The first-order valence-corrected chi connectivity index (χ1v) is 9.42. The highest BCUT2D eigenvalue weighted by Gasteiger charge is 2.30. The van der Waals surface area contributed by atoms with E-state index in [4.69, 9.17) is 4.74 Å². The molecule has 9 heteroatoms. The minimum atomic E-state index is -3.16. The normalized spacial score (nSPS) is 13.4. The van der Waals surface area contributed by atoms with Crippen LogP contribution in [0, 0.1) is 12.8 Å². The Hall–Kier alpha value is -3.36. The van der Waals surface area contributed by atoms with E-state index >= 15 is 0 Å². The van der Waals surface area contributed by atoms with Crippen LogP contribution in [-0.2, 0) is 11.3 Å². The summed E-state index contributed by atoms with van der Waals surface area (Å²) in [6.07, 6.45) is 3.69. The summed E-state index contributed by atoms with van der Waals surface area (Å²) in [6, 6.07) is 6.26. The molecule has 0 atom stereocenters. The Kier molecular flexibility index (Phi) is 6.39. The van der Waals surface area contributed by atoms with Gasteiger partial charge in [0.1, 0.15) is 5.82 Å². The molecule has 0 aliphatic heterocycles. The summed E-state index contributed by atoms with van der Waals surface area (Å²) in [5.41, 5.74) is 1.53. The van der Waals surface area contributed by atoms with Crippen LogP contribution in [-0.4, -0.2) is 34.3 Å². The number of aryl methyl sites for hydroxylation is 1. The number of alkyl halides is 2. The van der Waals surface area contributed by atoms with Crippen LogP contribution >= 0.6 is 0 Å². The molecule has 0 bridgehead atoms. The van der Waals surface area contributed by atoms with Crippen LogP contribution < -0.4 is 15.4 Å². The largest absolute Gasteiger partial charge is 0.471 e. The van der Waals surface area contributed by atoms with Crippen molar-refractivity contribution >= 4 is 17.6 Å². The average molecular weight is 416 g/mol. The molecular weight excluding hydrogens is 394 g/mol. The van der Waals surface area contributed by atoms with Gasteiger partial charge in [-0.2, -0.15) is 8.78 Å². The predicted octanol–water partition coefficient (Wildman–Crippen LogP) is 3.26. The number of carbonyl (C=O) groups is 2. The van der Waals surface area contributed by atoms with Crippen molar-refractivity contribution in [2.45, 2.75) is 32.2 Å². The van der Waals surface area contributed by atoms with Crippen LogP contribution in [0.3, 0.4) is 0 Å². The number of aromatic nitrogens is 2. The average Bonchev–Trinajstić information content (AvgIpc) is 3.56. The molecule has 2 N–H and O–H groups in total. The van der Waals surface area contributed by atoms with Crippen molar-refractivity contribution in [2.75, 3.05) is 11.9 Å². The Morgan fingerprint density at radius 1 is 1.33 bits per heavy atom. The van der Waals surface area contributed by atoms with Crippen molar-refractivity contribution < 1.29 is 23.1 Å². The Morgan fingerprint density at radius 3 is 2.80 bits per heavy atom. The van der Waals surface area contributed by atoms with Gasteiger partial charge >= 0.3 is 0 Å². The first-order chi connectivity index (χ1) is 14.3. The molecule has 2 aromatic heterocycles. The van der Waals surface area contributed by atoms with Gasteiger partial charge in [0.25, 0.3) is 11.8 Å². The van der Waals surface area contributed by atoms with Gasteiger partial charge < -0.3 is 15.4 Å². The van der Waals surface area contributed by atoms with Gasteiger partial charge in [0.05, 0.1) is 12.2 Å². The van der Waals surface area contributed by atoms with E-state index in [1.165, 1.54) is 24.4 Å². The SMILES string of the molecule is C=CC(F)(F)COc1cc(C)cc(CNC(=O)c2ccnc(NC(=O)C3CC3)c2)n1. The van der Waals surface area contributed by atoms with Crippen molar-refractivity contribution in [1.29, 1.82) is 0 Å². The molecule has 7 nitrogen and oxygen atoms in total. The summed E-state index contributed by atoms with van der Waals surface area (Å²) in [5, 5.41) is 5.40. The van der Waals surface area contributed by atoms with Gasteiger partial charge in [-0.05, 0) is 49.6 Å². The van der Waals surface area contributed by atoms with Gasteiger partial charge in [-0.3, -0.25) is 9.59 Å². The minimum Gasteiger partial charge on any atom is -0.471 e. The number of amides is 2. The molecular formula is C21H22F2N4O3. The quantitative estimate of drug-likeness (QED) is 0.612. The fraction of sp³-hybridized carbons (Fsp3) is 0.333. The monoisotopic (exact) mass is 416 g/mol. The summed E-state index contributed by atoms with van der Waals surface area (Å²) < 4.78 is 31.6. The Balaban J connectivity index is 1.60. The molecule has 1 aliphatic carbocycles. The van der Waals surface area contributed by atoms with Crippen molar-refractivity contribution in [2.24, 2.45) is 5.92 Å². The van der Waals surface area contributed by atoms with Crippen LogP contribution in [0.2, 0.25) is 0 Å². The number of hydrogen-bond donors (Lipinski definition) is 2. The zero-order valence-electron chi connectivity index (χ0n) is 16.5. The van der Waals surface area contributed by atoms with E-state index in [2.05, 4.69) is 27.2 Å². The summed E-state index contributed by atoms with van der Waals surface area (Å²) in [6.45, 7) is 4.03. The lowest BCUT2D eigenvalue weighted by atomic mass is 10.2. The molecule has 0 unspecified atom stereocenters. The van der Waals surface area contributed by atoms with E-state index in [9.17, 15) is 18.4 Å². The Bertz CT molecular complexity index is 961. The predicted molar refractivity (Wildman–Crippen MR) is 106 cm³/mol. The van der Waals surface area contributed by atoms with Gasteiger partial charge in [0.15, 0.2) is 6.61 Å². The van der Waals surface area contributed by atoms with E-state index in [0.29, 0.717) is 23.2 Å². The van der Waals surface area contributed by atoms with Gasteiger partial charge in [-0.15, -0.1) is 0 Å². The van der Waals surface area contributed by atoms with E-state index in [1.807, 2.05) is 0 Å². The van der Waals surface area contributed by atoms with Crippen molar-refractivity contribution in [3.63, 3.8) is 0 Å². The maximum Gasteiger partial charge on any atom is 0.299 e. The standard InChI is InChI=1S/C21H22F2N4O3/c1-3-21(22,23)12-30-18-9-13(2)8-16(26-18)11-25-19(28)15-6-7-24-17(10-15)27-20(29)14-4-5-14/h3,6-10,14H,1,4-5,11-12H2,2H3,(H,25,28)(H,24,27,29). The highest BCUT2D eigenvalue weighted by atomic mass is 19.3. The summed E-state index contributed by atoms with van der Waals surface area (Å²) in [7, 11) is 0. The molecule has 1 saturated carbocycles. The fourth-order valence-corrected chi connectivity index (χ4v) is 2.59. The van der Waals surface area contributed by atoms with Crippen LogP contribution in [0.15, 0.2) is 43.1 Å². The van der Waals surface area contributed by atoms with Crippen LogP contribution in [0.4, 0.5) is 14.6 Å². The van der Waals surface area contributed by atoms with Crippen LogP contribution in [0.5, 0.6) is 5.88 Å². The smallest absolute Gasteiger partial charge is 0.299 e. The summed E-state index contributed by atoms with van der Waals surface area (Å²) in [4.78, 5) is 32.5. The van der Waals surface area contributed by atoms with Crippen LogP contribution in [0.1, 0.15) is 34.5 Å². The third-order valence-corrected chi connectivity index (χ3v) is 4.36. The van der Waals surface area contributed by atoms with E-state index in [1.54, 1.807) is 13.0 Å². The lowest BCUT2D eigenvalue weighted by Gasteiger charge is -2.13.